The Morgan fingerprint density at radius 1 is 1.44 bits per heavy atom. The normalized spacial score (nSPS) is 25.1. The van der Waals surface area contributed by atoms with Gasteiger partial charge in [-0.05, 0) is 24.5 Å². The predicted molar refractivity (Wildman–Crippen MR) is 73.2 cm³/mol. The molecule has 0 aromatic heterocycles. The van der Waals surface area contributed by atoms with E-state index in [0.29, 0.717) is 6.61 Å². The molecule has 0 bridgehead atoms. The Kier molecular flexibility index (Phi) is 4.00. The standard InChI is InChI=1S/C16H20O2/c1-11(2)9-14-15(12(3)10-18-14)16(17)13-7-5-4-6-8-13/h4-8,14-17H,1,3,9-10H2,2H3/t14-,15+,16-/m1/s1. The number of hydrogen-bond donors (Lipinski definition) is 1. The highest BCUT2D eigenvalue weighted by Gasteiger charge is 2.37. The number of aliphatic hydroxyl groups excluding tert-OH is 1. The smallest absolute Gasteiger partial charge is 0.0881 e. The Balaban J connectivity index is 2.18. The van der Waals surface area contributed by atoms with Crippen LogP contribution in [0.3, 0.4) is 0 Å². The molecule has 1 N–H and O–H groups in total. The third-order valence-corrected chi connectivity index (χ3v) is 3.39. The van der Waals surface area contributed by atoms with E-state index >= 15 is 0 Å². The molecule has 1 aromatic rings. The molecule has 0 saturated carbocycles. The van der Waals surface area contributed by atoms with Crippen LogP contribution in [0.4, 0.5) is 0 Å². The second-order valence-electron chi connectivity index (χ2n) is 5.05. The van der Waals surface area contributed by atoms with Crippen molar-refractivity contribution in [1.82, 2.24) is 0 Å². The van der Waals surface area contributed by atoms with Gasteiger partial charge in [-0.1, -0.05) is 42.5 Å². The van der Waals surface area contributed by atoms with Crippen LogP contribution in [-0.4, -0.2) is 17.8 Å². The van der Waals surface area contributed by atoms with Crippen LogP contribution in [0.15, 0.2) is 54.6 Å². The van der Waals surface area contributed by atoms with Crippen LogP contribution < -0.4 is 0 Å². The second-order valence-corrected chi connectivity index (χ2v) is 5.05. The van der Waals surface area contributed by atoms with Crippen LogP contribution in [0.25, 0.3) is 0 Å². The van der Waals surface area contributed by atoms with Gasteiger partial charge in [0.2, 0.25) is 0 Å². The van der Waals surface area contributed by atoms with Gasteiger partial charge >= 0.3 is 0 Å². The lowest BCUT2D eigenvalue weighted by Gasteiger charge is -2.24. The number of aliphatic hydroxyl groups is 1. The summed E-state index contributed by atoms with van der Waals surface area (Å²) in [7, 11) is 0. The van der Waals surface area contributed by atoms with E-state index in [1.165, 1.54) is 0 Å². The zero-order valence-corrected chi connectivity index (χ0v) is 10.8. The molecule has 2 nitrogen and oxygen atoms in total. The molecular weight excluding hydrogens is 224 g/mol. The summed E-state index contributed by atoms with van der Waals surface area (Å²) >= 11 is 0. The predicted octanol–water partition coefficient (Wildman–Crippen LogP) is 3.26. The number of hydrogen-bond acceptors (Lipinski definition) is 2. The van der Waals surface area contributed by atoms with Gasteiger partial charge in [-0.2, -0.15) is 0 Å². The van der Waals surface area contributed by atoms with E-state index in [1.807, 2.05) is 37.3 Å². The van der Waals surface area contributed by atoms with Crippen molar-refractivity contribution in [2.75, 3.05) is 6.61 Å². The van der Waals surface area contributed by atoms with E-state index in [0.717, 1.165) is 23.1 Å². The molecular formula is C16H20O2. The number of benzene rings is 1. The molecule has 1 aliphatic rings. The summed E-state index contributed by atoms with van der Waals surface area (Å²) in [5, 5.41) is 10.5. The topological polar surface area (TPSA) is 29.5 Å². The van der Waals surface area contributed by atoms with Gasteiger partial charge in [0.25, 0.3) is 0 Å². The molecule has 0 unspecified atom stereocenters. The Morgan fingerprint density at radius 3 is 2.72 bits per heavy atom. The Hall–Kier alpha value is -1.38. The van der Waals surface area contributed by atoms with Crippen molar-refractivity contribution in [2.45, 2.75) is 25.6 Å². The van der Waals surface area contributed by atoms with Gasteiger partial charge in [-0.3, -0.25) is 0 Å². The van der Waals surface area contributed by atoms with Gasteiger partial charge in [0.05, 0.1) is 18.8 Å². The molecule has 1 saturated heterocycles. The van der Waals surface area contributed by atoms with Crippen molar-refractivity contribution >= 4 is 0 Å². The summed E-state index contributed by atoms with van der Waals surface area (Å²) in [6.07, 6.45) is 0.212. The van der Waals surface area contributed by atoms with E-state index in [2.05, 4.69) is 13.2 Å². The molecule has 1 aromatic carbocycles. The van der Waals surface area contributed by atoms with Crippen LogP contribution in [0, 0.1) is 5.92 Å². The molecule has 0 aliphatic carbocycles. The quantitative estimate of drug-likeness (QED) is 0.824. The Bertz CT molecular complexity index is 436. The van der Waals surface area contributed by atoms with Crippen molar-refractivity contribution in [3.63, 3.8) is 0 Å². The first-order chi connectivity index (χ1) is 8.59. The maximum Gasteiger partial charge on any atom is 0.0881 e. The van der Waals surface area contributed by atoms with E-state index in [1.54, 1.807) is 0 Å². The lowest BCUT2D eigenvalue weighted by Crippen LogP contribution is -2.23. The summed E-state index contributed by atoms with van der Waals surface area (Å²) in [4.78, 5) is 0. The Morgan fingerprint density at radius 2 is 2.11 bits per heavy atom. The van der Waals surface area contributed by atoms with Crippen molar-refractivity contribution in [2.24, 2.45) is 5.92 Å². The van der Waals surface area contributed by atoms with Crippen LogP contribution >= 0.6 is 0 Å². The summed E-state index contributed by atoms with van der Waals surface area (Å²) < 4.78 is 5.71. The molecule has 1 heterocycles. The average Bonchev–Trinajstić information content (AvgIpc) is 2.70. The van der Waals surface area contributed by atoms with E-state index < -0.39 is 6.10 Å². The van der Waals surface area contributed by atoms with Crippen molar-refractivity contribution in [1.29, 1.82) is 0 Å². The summed E-state index contributed by atoms with van der Waals surface area (Å²) in [6, 6.07) is 9.69. The first kappa shape index (κ1) is 13.1. The molecule has 1 fully saturated rings. The minimum Gasteiger partial charge on any atom is -0.388 e. The molecule has 96 valence electrons. The van der Waals surface area contributed by atoms with Gasteiger partial charge in [-0.25, -0.2) is 0 Å². The summed E-state index contributed by atoms with van der Waals surface area (Å²) in [5.74, 6) is -0.0379. The molecule has 0 radical (unpaired) electrons. The van der Waals surface area contributed by atoms with Gasteiger partial charge in [-0.15, -0.1) is 6.58 Å². The molecule has 2 rings (SSSR count). The lowest BCUT2D eigenvalue weighted by atomic mass is 9.85. The van der Waals surface area contributed by atoms with Crippen LogP contribution in [0.1, 0.15) is 25.0 Å². The van der Waals surface area contributed by atoms with Crippen LogP contribution in [0.2, 0.25) is 0 Å². The molecule has 0 spiro atoms. The van der Waals surface area contributed by atoms with Crippen molar-refractivity contribution < 1.29 is 9.84 Å². The fourth-order valence-corrected chi connectivity index (χ4v) is 2.49. The monoisotopic (exact) mass is 244 g/mol. The van der Waals surface area contributed by atoms with E-state index in [-0.39, 0.29) is 12.0 Å². The lowest BCUT2D eigenvalue weighted by molar-refractivity contribution is 0.0355. The third kappa shape index (κ3) is 2.71. The first-order valence-electron chi connectivity index (χ1n) is 6.26. The number of rotatable bonds is 4. The van der Waals surface area contributed by atoms with Crippen molar-refractivity contribution in [3.05, 3.63) is 60.2 Å². The maximum atomic E-state index is 10.5. The van der Waals surface area contributed by atoms with E-state index in [4.69, 9.17) is 4.74 Å². The first-order valence-corrected chi connectivity index (χ1v) is 6.26. The van der Waals surface area contributed by atoms with Gasteiger partial charge in [0, 0.05) is 5.92 Å². The minimum absolute atomic E-state index is 0.00907. The zero-order chi connectivity index (χ0) is 13.1. The molecule has 0 amide bonds. The fraction of sp³-hybridized carbons (Fsp3) is 0.375. The largest absolute Gasteiger partial charge is 0.388 e. The van der Waals surface area contributed by atoms with Crippen molar-refractivity contribution in [3.8, 4) is 0 Å². The van der Waals surface area contributed by atoms with Gasteiger partial charge < -0.3 is 9.84 Å². The fourth-order valence-electron chi connectivity index (χ4n) is 2.49. The molecule has 2 heteroatoms. The summed E-state index contributed by atoms with van der Waals surface area (Å²) in [5.41, 5.74) is 2.96. The van der Waals surface area contributed by atoms with Crippen LogP contribution in [0.5, 0.6) is 0 Å². The van der Waals surface area contributed by atoms with Gasteiger partial charge in [0.15, 0.2) is 0 Å². The maximum absolute atomic E-state index is 10.5. The zero-order valence-electron chi connectivity index (χ0n) is 10.8. The van der Waals surface area contributed by atoms with Gasteiger partial charge in [0.1, 0.15) is 0 Å². The third-order valence-electron chi connectivity index (χ3n) is 3.39. The SMILES string of the molecule is C=C(C)C[C@H]1OCC(=C)[C@@H]1[C@H](O)c1ccccc1. The minimum atomic E-state index is -0.550. The molecule has 1 aliphatic heterocycles. The van der Waals surface area contributed by atoms with Crippen LogP contribution in [-0.2, 0) is 4.74 Å². The second kappa shape index (κ2) is 5.51. The molecule has 3 atom stereocenters. The molecule has 18 heavy (non-hydrogen) atoms. The summed E-state index contributed by atoms with van der Waals surface area (Å²) in [6.45, 7) is 10.5. The Labute approximate surface area is 109 Å². The average molecular weight is 244 g/mol. The highest BCUT2D eigenvalue weighted by molar-refractivity contribution is 5.24. The van der Waals surface area contributed by atoms with E-state index in [9.17, 15) is 5.11 Å². The highest BCUT2D eigenvalue weighted by atomic mass is 16.5. The number of ether oxygens (including phenoxy) is 1. The highest BCUT2D eigenvalue weighted by Crippen LogP contribution is 2.38.